The van der Waals surface area contributed by atoms with E-state index in [9.17, 15) is 24.2 Å². The molecule has 1 saturated heterocycles. The van der Waals surface area contributed by atoms with Gasteiger partial charge in [0.25, 0.3) is 0 Å². The Morgan fingerprint density at radius 3 is 2.81 bits per heavy atom. The monoisotopic (exact) mass is 425 g/mol. The summed E-state index contributed by atoms with van der Waals surface area (Å²) >= 11 is 0. The molecule has 8 heteroatoms. The van der Waals surface area contributed by atoms with Gasteiger partial charge in [0.2, 0.25) is 5.91 Å². The van der Waals surface area contributed by atoms with E-state index in [4.69, 9.17) is 0 Å². The Labute approximate surface area is 178 Å². The standard InChI is InChI=1S/C23H24FN3O4/c1-14-25-18-6-5-15(10-19(18)26-14)11-21(29)27-8-7-20(28)23(13-27,22(30)31)12-16-3-2-4-17(24)9-16/h2-6,9-10,20,28H,7-8,11-13H2,1H3,(H,25,26)(H,30,31)/t20-,23-/m1/s1. The van der Waals surface area contributed by atoms with E-state index in [1.165, 1.54) is 23.1 Å². The van der Waals surface area contributed by atoms with Crippen molar-refractivity contribution in [2.75, 3.05) is 13.1 Å². The molecular weight excluding hydrogens is 401 g/mol. The van der Waals surface area contributed by atoms with E-state index in [2.05, 4.69) is 9.97 Å². The highest BCUT2D eigenvalue weighted by atomic mass is 19.1. The van der Waals surface area contributed by atoms with Gasteiger partial charge in [-0.05, 0) is 55.2 Å². The number of aliphatic carboxylic acids is 1. The number of piperidine rings is 1. The van der Waals surface area contributed by atoms with Crippen LogP contribution in [0, 0.1) is 18.2 Å². The number of likely N-dealkylation sites (tertiary alicyclic amines) is 1. The minimum atomic E-state index is -1.59. The molecule has 31 heavy (non-hydrogen) atoms. The fourth-order valence-electron chi connectivity index (χ4n) is 4.34. The van der Waals surface area contributed by atoms with Crippen LogP contribution in [0.5, 0.6) is 0 Å². The molecule has 0 unspecified atom stereocenters. The molecule has 7 nitrogen and oxygen atoms in total. The number of nitrogens with zero attached hydrogens (tertiary/aromatic N) is 2. The SMILES string of the molecule is Cc1nc2ccc(CC(=O)N3CC[C@@H](O)[C@](Cc4cccc(F)c4)(C(=O)O)C3)cc2[nH]1. The van der Waals surface area contributed by atoms with Crippen LogP contribution in [0.4, 0.5) is 4.39 Å². The Kier molecular flexibility index (Phi) is 5.49. The number of carboxylic acid groups (broad SMARTS) is 1. The van der Waals surface area contributed by atoms with Crippen molar-refractivity contribution in [2.45, 2.75) is 32.3 Å². The van der Waals surface area contributed by atoms with E-state index in [0.29, 0.717) is 5.56 Å². The molecule has 0 bridgehead atoms. The molecule has 1 aromatic heterocycles. The molecule has 1 aliphatic rings. The van der Waals surface area contributed by atoms with Crippen LogP contribution in [0.15, 0.2) is 42.5 Å². The summed E-state index contributed by atoms with van der Waals surface area (Å²) in [5, 5.41) is 20.6. The molecule has 3 N–H and O–H groups in total. The van der Waals surface area contributed by atoms with Crippen LogP contribution in [0.3, 0.4) is 0 Å². The lowest BCUT2D eigenvalue weighted by Gasteiger charge is -2.43. The van der Waals surface area contributed by atoms with Crippen molar-refractivity contribution >= 4 is 22.9 Å². The lowest BCUT2D eigenvalue weighted by molar-refractivity contribution is -0.165. The highest BCUT2D eigenvalue weighted by Gasteiger charge is 2.50. The quantitative estimate of drug-likeness (QED) is 0.582. The van der Waals surface area contributed by atoms with E-state index < -0.39 is 23.3 Å². The van der Waals surface area contributed by atoms with Crippen molar-refractivity contribution in [3.8, 4) is 0 Å². The van der Waals surface area contributed by atoms with Crippen LogP contribution in [0.1, 0.15) is 23.4 Å². The Morgan fingerprint density at radius 1 is 1.26 bits per heavy atom. The largest absolute Gasteiger partial charge is 0.481 e. The number of hydrogen-bond donors (Lipinski definition) is 3. The van der Waals surface area contributed by atoms with E-state index in [1.54, 1.807) is 6.07 Å². The van der Waals surface area contributed by atoms with Crippen LogP contribution in [0.25, 0.3) is 11.0 Å². The molecule has 0 saturated carbocycles. The molecule has 1 aliphatic heterocycles. The third-order valence-electron chi connectivity index (χ3n) is 5.99. The fourth-order valence-corrected chi connectivity index (χ4v) is 4.34. The molecule has 1 fully saturated rings. The summed E-state index contributed by atoms with van der Waals surface area (Å²) in [5.41, 5.74) is 1.32. The number of fused-ring (bicyclic) bond motifs is 1. The molecule has 3 aromatic rings. The first-order valence-electron chi connectivity index (χ1n) is 10.2. The summed E-state index contributed by atoms with van der Waals surface area (Å²) in [6.07, 6.45) is -0.947. The van der Waals surface area contributed by atoms with Crippen LogP contribution in [-0.4, -0.2) is 56.2 Å². The number of imidazole rings is 1. The molecular formula is C23H24FN3O4. The number of aromatic nitrogens is 2. The summed E-state index contributed by atoms with van der Waals surface area (Å²) < 4.78 is 13.6. The van der Waals surface area contributed by atoms with Gasteiger partial charge in [0.15, 0.2) is 0 Å². The highest BCUT2D eigenvalue weighted by molar-refractivity contribution is 5.83. The van der Waals surface area contributed by atoms with E-state index in [0.717, 1.165) is 22.4 Å². The summed E-state index contributed by atoms with van der Waals surface area (Å²) in [7, 11) is 0. The van der Waals surface area contributed by atoms with Gasteiger partial charge in [0.1, 0.15) is 17.1 Å². The first-order chi connectivity index (χ1) is 14.8. The number of carboxylic acids is 1. The van der Waals surface area contributed by atoms with Gasteiger partial charge in [-0.2, -0.15) is 0 Å². The highest BCUT2D eigenvalue weighted by Crippen LogP contribution is 2.35. The average molecular weight is 425 g/mol. The maximum atomic E-state index is 13.6. The molecule has 0 radical (unpaired) electrons. The van der Waals surface area contributed by atoms with Crippen molar-refractivity contribution in [1.82, 2.24) is 14.9 Å². The molecule has 2 aromatic carbocycles. The Bertz CT molecular complexity index is 1140. The predicted octanol–water partition coefficient (Wildman–Crippen LogP) is 2.46. The zero-order valence-corrected chi connectivity index (χ0v) is 17.1. The summed E-state index contributed by atoms with van der Waals surface area (Å²) in [4.78, 5) is 34.2. The van der Waals surface area contributed by atoms with Crippen molar-refractivity contribution in [1.29, 1.82) is 0 Å². The number of halogens is 1. The van der Waals surface area contributed by atoms with Crippen molar-refractivity contribution in [3.63, 3.8) is 0 Å². The van der Waals surface area contributed by atoms with Gasteiger partial charge < -0.3 is 20.1 Å². The predicted molar refractivity (Wildman–Crippen MR) is 112 cm³/mol. The van der Waals surface area contributed by atoms with Crippen molar-refractivity contribution < 1.29 is 24.2 Å². The zero-order chi connectivity index (χ0) is 22.2. The van der Waals surface area contributed by atoms with Crippen molar-refractivity contribution in [2.24, 2.45) is 5.41 Å². The number of benzene rings is 2. The number of carbonyl (C=O) groups is 2. The second kappa shape index (κ2) is 8.11. The fraction of sp³-hybridized carbons (Fsp3) is 0.348. The van der Waals surface area contributed by atoms with Gasteiger partial charge in [-0.25, -0.2) is 9.37 Å². The van der Waals surface area contributed by atoms with Crippen LogP contribution in [0.2, 0.25) is 0 Å². The van der Waals surface area contributed by atoms with E-state index in [1.807, 2.05) is 25.1 Å². The van der Waals surface area contributed by atoms with Gasteiger partial charge in [-0.3, -0.25) is 9.59 Å². The Morgan fingerprint density at radius 2 is 2.06 bits per heavy atom. The van der Waals surface area contributed by atoms with Gasteiger partial charge >= 0.3 is 5.97 Å². The maximum Gasteiger partial charge on any atom is 0.314 e. The number of carbonyl (C=O) groups excluding carboxylic acids is 1. The first-order valence-corrected chi connectivity index (χ1v) is 10.2. The number of aromatic amines is 1. The van der Waals surface area contributed by atoms with Gasteiger partial charge in [-0.1, -0.05) is 18.2 Å². The van der Waals surface area contributed by atoms with Crippen LogP contribution < -0.4 is 0 Å². The van der Waals surface area contributed by atoms with E-state index in [-0.39, 0.29) is 38.3 Å². The number of aliphatic hydroxyl groups excluding tert-OH is 1. The smallest absolute Gasteiger partial charge is 0.314 e. The molecule has 162 valence electrons. The minimum Gasteiger partial charge on any atom is -0.481 e. The van der Waals surface area contributed by atoms with Gasteiger partial charge in [-0.15, -0.1) is 0 Å². The molecule has 0 spiro atoms. The third-order valence-corrected chi connectivity index (χ3v) is 5.99. The summed E-state index contributed by atoms with van der Waals surface area (Å²) in [6.45, 7) is 1.99. The lowest BCUT2D eigenvalue weighted by atomic mass is 9.72. The molecule has 4 rings (SSSR count). The van der Waals surface area contributed by atoms with Gasteiger partial charge in [0.05, 0.1) is 23.6 Å². The normalized spacial score (nSPS) is 21.4. The maximum absolute atomic E-state index is 13.6. The van der Waals surface area contributed by atoms with Gasteiger partial charge in [0, 0.05) is 13.1 Å². The van der Waals surface area contributed by atoms with Crippen LogP contribution in [-0.2, 0) is 22.4 Å². The second-order valence-corrected chi connectivity index (χ2v) is 8.24. The van der Waals surface area contributed by atoms with Crippen molar-refractivity contribution in [3.05, 3.63) is 65.2 Å². The number of aliphatic hydroxyl groups is 1. The summed E-state index contributed by atoms with van der Waals surface area (Å²) in [6, 6.07) is 11.2. The number of rotatable bonds is 5. The molecule has 2 atom stereocenters. The van der Waals surface area contributed by atoms with E-state index >= 15 is 0 Å². The summed E-state index contributed by atoms with van der Waals surface area (Å²) in [5.74, 6) is -1.10. The number of amides is 1. The topological polar surface area (TPSA) is 107 Å². The number of nitrogens with one attached hydrogen (secondary N) is 1. The lowest BCUT2D eigenvalue weighted by Crippen LogP contribution is -2.58. The molecule has 2 heterocycles. The molecule has 0 aliphatic carbocycles. The third kappa shape index (κ3) is 4.16. The second-order valence-electron chi connectivity index (χ2n) is 8.24. The molecule has 1 amide bonds. The zero-order valence-electron chi connectivity index (χ0n) is 17.1. The average Bonchev–Trinajstić information content (AvgIpc) is 3.08. The first kappa shape index (κ1) is 21.0. The Balaban J connectivity index is 1.55. The minimum absolute atomic E-state index is 0.0651. The number of aryl methyl sites for hydroxylation is 1. The number of H-pyrrole nitrogens is 1. The van der Waals surface area contributed by atoms with Crippen LogP contribution >= 0.6 is 0 Å². The Hall–Kier alpha value is -3.26. The number of hydrogen-bond acceptors (Lipinski definition) is 4.